The fourth-order valence-electron chi connectivity index (χ4n) is 2.36. The lowest BCUT2D eigenvalue weighted by Gasteiger charge is -2.12. The molecule has 0 spiro atoms. The minimum absolute atomic E-state index is 0.0122. The molecule has 0 unspecified atom stereocenters. The number of amides is 1. The summed E-state index contributed by atoms with van der Waals surface area (Å²) >= 11 is 1.57. The van der Waals surface area contributed by atoms with Crippen molar-refractivity contribution in [1.82, 2.24) is 10.0 Å². The summed E-state index contributed by atoms with van der Waals surface area (Å²) in [6, 6.07) is 6.40. The van der Waals surface area contributed by atoms with Crippen LogP contribution in [0.2, 0.25) is 0 Å². The van der Waals surface area contributed by atoms with Gasteiger partial charge >= 0.3 is 0 Å². The van der Waals surface area contributed by atoms with Crippen LogP contribution in [0.1, 0.15) is 33.6 Å². The Bertz CT molecular complexity index is 886. The Kier molecular flexibility index (Phi) is 5.12. The molecule has 2 aromatic rings. The largest absolute Gasteiger partial charge is 0.495 e. The van der Waals surface area contributed by atoms with Gasteiger partial charge in [0.2, 0.25) is 10.0 Å². The number of benzene rings is 1. The summed E-state index contributed by atoms with van der Waals surface area (Å²) in [7, 11) is -2.31. The maximum atomic E-state index is 12.5. The zero-order chi connectivity index (χ0) is 18.0. The molecule has 0 aliphatic heterocycles. The third kappa shape index (κ3) is 4.20. The number of carbonyl (C=O) groups is 1. The van der Waals surface area contributed by atoms with Crippen LogP contribution < -0.4 is 14.8 Å². The van der Waals surface area contributed by atoms with Crippen molar-refractivity contribution < 1.29 is 17.9 Å². The first-order valence-corrected chi connectivity index (χ1v) is 10.3. The van der Waals surface area contributed by atoms with E-state index in [1.54, 1.807) is 17.4 Å². The van der Waals surface area contributed by atoms with E-state index < -0.39 is 10.0 Å². The van der Waals surface area contributed by atoms with E-state index >= 15 is 0 Å². The number of hydrogen-bond acceptors (Lipinski definition) is 5. The number of sulfonamides is 1. The van der Waals surface area contributed by atoms with E-state index in [1.807, 2.05) is 18.4 Å². The molecule has 134 valence electrons. The summed E-state index contributed by atoms with van der Waals surface area (Å²) in [5, 5.41) is 4.80. The predicted molar refractivity (Wildman–Crippen MR) is 96.6 cm³/mol. The van der Waals surface area contributed by atoms with Crippen LogP contribution in [0, 0.1) is 6.92 Å². The van der Waals surface area contributed by atoms with Crippen molar-refractivity contribution in [2.45, 2.75) is 37.2 Å². The number of rotatable bonds is 7. The standard InChI is InChI=1S/C17H20N2O4S2/c1-11-7-8-24-15(11)10-18-17(20)12-3-6-14(23-2)16(9-12)25(21,22)19-13-4-5-13/h3,6-9,13,19H,4-5,10H2,1-2H3,(H,18,20). The predicted octanol–water partition coefficient (Wildman–Crippen LogP) is 2.44. The molecular formula is C17H20N2O4S2. The first-order chi connectivity index (χ1) is 11.9. The van der Waals surface area contributed by atoms with Crippen molar-refractivity contribution in [2.75, 3.05) is 7.11 Å². The molecule has 2 N–H and O–H groups in total. The second kappa shape index (κ2) is 7.15. The van der Waals surface area contributed by atoms with Gasteiger partial charge in [-0.05, 0) is 55.0 Å². The Morgan fingerprint density at radius 3 is 2.68 bits per heavy atom. The maximum Gasteiger partial charge on any atom is 0.251 e. The van der Waals surface area contributed by atoms with E-state index in [2.05, 4.69) is 10.0 Å². The zero-order valence-corrected chi connectivity index (χ0v) is 15.7. The van der Waals surface area contributed by atoms with Crippen LogP contribution in [0.25, 0.3) is 0 Å². The summed E-state index contributed by atoms with van der Waals surface area (Å²) < 4.78 is 32.8. The van der Waals surface area contributed by atoms with E-state index in [-0.39, 0.29) is 28.2 Å². The van der Waals surface area contributed by atoms with E-state index in [9.17, 15) is 13.2 Å². The molecule has 0 radical (unpaired) electrons. The highest BCUT2D eigenvalue weighted by molar-refractivity contribution is 7.89. The number of hydrogen-bond donors (Lipinski definition) is 2. The molecule has 0 atom stereocenters. The average Bonchev–Trinajstić information content (AvgIpc) is 3.30. The van der Waals surface area contributed by atoms with Gasteiger partial charge in [0, 0.05) is 16.5 Å². The molecular weight excluding hydrogens is 360 g/mol. The molecule has 1 aromatic heterocycles. The van der Waals surface area contributed by atoms with Gasteiger partial charge in [-0.1, -0.05) is 0 Å². The van der Waals surface area contributed by atoms with Gasteiger partial charge in [-0.2, -0.15) is 0 Å². The van der Waals surface area contributed by atoms with E-state index in [1.165, 1.54) is 19.2 Å². The van der Waals surface area contributed by atoms with Crippen LogP contribution in [0.15, 0.2) is 34.5 Å². The molecule has 8 heteroatoms. The first-order valence-electron chi connectivity index (χ1n) is 7.92. The summed E-state index contributed by atoms with van der Waals surface area (Å²) in [6.07, 6.45) is 1.67. The van der Waals surface area contributed by atoms with Gasteiger partial charge in [-0.15, -0.1) is 11.3 Å². The molecule has 6 nitrogen and oxygen atoms in total. The second-order valence-electron chi connectivity index (χ2n) is 5.97. The normalized spacial score (nSPS) is 14.3. The van der Waals surface area contributed by atoms with Gasteiger partial charge in [0.15, 0.2) is 0 Å². The first kappa shape index (κ1) is 17.9. The molecule has 3 rings (SSSR count). The van der Waals surface area contributed by atoms with Gasteiger partial charge in [-0.25, -0.2) is 13.1 Å². The SMILES string of the molecule is COc1ccc(C(=O)NCc2sccc2C)cc1S(=O)(=O)NC1CC1. The molecule has 1 aliphatic rings. The fraction of sp³-hybridized carbons (Fsp3) is 0.353. The van der Waals surface area contributed by atoms with Crippen molar-refractivity contribution in [3.63, 3.8) is 0 Å². The lowest BCUT2D eigenvalue weighted by Crippen LogP contribution is -2.27. The van der Waals surface area contributed by atoms with E-state index in [0.717, 1.165) is 23.3 Å². The molecule has 1 aliphatic carbocycles. The van der Waals surface area contributed by atoms with Gasteiger partial charge in [0.25, 0.3) is 5.91 Å². The van der Waals surface area contributed by atoms with E-state index in [4.69, 9.17) is 4.74 Å². The molecule has 0 bridgehead atoms. The minimum Gasteiger partial charge on any atom is -0.495 e. The zero-order valence-electron chi connectivity index (χ0n) is 14.0. The Morgan fingerprint density at radius 2 is 2.08 bits per heavy atom. The van der Waals surface area contributed by atoms with Crippen molar-refractivity contribution >= 4 is 27.3 Å². The summed E-state index contributed by atoms with van der Waals surface area (Å²) in [5.41, 5.74) is 1.41. The molecule has 1 aromatic carbocycles. The van der Waals surface area contributed by atoms with Crippen LogP contribution in [-0.4, -0.2) is 27.5 Å². The molecule has 1 heterocycles. The van der Waals surface area contributed by atoms with Crippen LogP contribution in [0.3, 0.4) is 0 Å². The topological polar surface area (TPSA) is 84.5 Å². The van der Waals surface area contributed by atoms with E-state index in [0.29, 0.717) is 6.54 Å². The lowest BCUT2D eigenvalue weighted by molar-refractivity contribution is 0.0951. The maximum absolute atomic E-state index is 12.5. The molecule has 25 heavy (non-hydrogen) atoms. The molecule has 1 saturated carbocycles. The third-order valence-electron chi connectivity index (χ3n) is 3.99. The monoisotopic (exact) mass is 380 g/mol. The third-order valence-corrected chi connectivity index (χ3v) is 6.56. The lowest BCUT2D eigenvalue weighted by atomic mass is 10.2. The van der Waals surface area contributed by atoms with Gasteiger partial charge in [-0.3, -0.25) is 4.79 Å². The summed E-state index contributed by atoms with van der Waals surface area (Å²) in [6.45, 7) is 2.40. The van der Waals surface area contributed by atoms with Gasteiger partial charge < -0.3 is 10.1 Å². The Hall–Kier alpha value is -1.90. The van der Waals surface area contributed by atoms with Crippen molar-refractivity contribution in [1.29, 1.82) is 0 Å². The van der Waals surface area contributed by atoms with Crippen LogP contribution in [-0.2, 0) is 16.6 Å². The number of ether oxygens (including phenoxy) is 1. The molecule has 1 amide bonds. The smallest absolute Gasteiger partial charge is 0.251 e. The highest BCUT2D eigenvalue weighted by Crippen LogP contribution is 2.28. The number of nitrogens with one attached hydrogen (secondary N) is 2. The van der Waals surface area contributed by atoms with Crippen LogP contribution >= 0.6 is 11.3 Å². The fourth-order valence-corrected chi connectivity index (χ4v) is 4.71. The molecule has 0 saturated heterocycles. The highest BCUT2D eigenvalue weighted by atomic mass is 32.2. The number of aryl methyl sites for hydroxylation is 1. The van der Waals surface area contributed by atoms with Crippen molar-refractivity contribution in [3.8, 4) is 5.75 Å². The average molecular weight is 380 g/mol. The quantitative estimate of drug-likeness (QED) is 0.773. The second-order valence-corrected chi connectivity index (χ2v) is 8.65. The van der Waals surface area contributed by atoms with Gasteiger partial charge in [0.1, 0.15) is 10.6 Å². The number of methoxy groups -OCH3 is 1. The summed E-state index contributed by atoms with van der Waals surface area (Å²) in [5.74, 6) is -0.0999. The number of carbonyl (C=O) groups excluding carboxylic acids is 1. The number of thiophene rings is 1. The Morgan fingerprint density at radius 1 is 1.32 bits per heavy atom. The van der Waals surface area contributed by atoms with Crippen molar-refractivity contribution in [2.24, 2.45) is 0 Å². The van der Waals surface area contributed by atoms with Crippen molar-refractivity contribution in [3.05, 3.63) is 45.6 Å². The Balaban J connectivity index is 1.80. The van der Waals surface area contributed by atoms with Crippen LogP contribution in [0.4, 0.5) is 0 Å². The van der Waals surface area contributed by atoms with Gasteiger partial charge in [0.05, 0.1) is 13.7 Å². The highest BCUT2D eigenvalue weighted by Gasteiger charge is 2.30. The molecule has 1 fully saturated rings. The summed E-state index contributed by atoms with van der Waals surface area (Å²) in [4.78, 5) is 13.5. The minimum atomic E-state index is -3.71. The van der Waals surface area contributed by atoms with Crippen LogP contribution in [0.5, 0.6) is 5.75 Å². The Labute approximate surface area is 151 Å².